The van der Waals surface area contributed by atoms with Crippen LogP contribution in [0.25, 0.3) is 0 Å². The van der Waals surface area contributed by atoms with Gasteiger partial charge in [-0.3, -0.25) is 9.59 Å². The highest BCUT2D eigenvalue weighted by Gasteiger charge is 2.43. The van der Waals surface area contributed by atoms with Gasteiger partial charge in [0.05, 0.1) is 10.7 Å². The molecule has 0 aliphatic carbocycles. The molecule has 0 saturated carbocycles. The molecule has 90 valence electrons. The molecule has 1 N–H and O–H groups in total. The van der Waals surface area contributed by atoms with Gasteiger partial charge in [-0.25, -0.2) is 0 Å². The van der Waals surface area contributed by atoms with E-state index in [-0.39, 0.29) is 11.2 Å². The smallest absolute Gasteiger partial charge is 0.311 e. The summed E-state index contributed by atoms with van der Waals surface area (Å²) in [7, 11) is 0. The highest BCUT2D eigenvalue weighted by molar-refractivity contribution is 8.00. The summed E-state index contributed by atoms with van der Waals surface area (Å²) in [4.78, 5) is 24.9. The first-order valence-corrected chi connectivity index (χ1v) is 6.72. The zero-order chi connectivity index (χ0) is 11.8. The monoisotopic (exact) mass is 243 g/mol. The van der Waals surface area contributed by atoms with E-state index in [1.54, 1.807) is 23.6 Å². The van der Waals surface area contributed by atoms with Gasteiger partial charge in [0.1, 0.15) is 0 Å². The maximum Gasteiger partial charge on any atom is 0.311 e. The number of carboxylic acids is 1. The van der Waals surface area contributed by atoms with E-state index in [0.29, 0.717) is 19.5 Å². The molecular formula is C11H17NO3S. The Bertz CT molecular complexity index is 314. The molecule has 0 radical (unpaired) electrons. The number of likely N-dealkylation sites (tertiary alicyclic amines) is 1. The van der Waals surface area contributed by atoms with Gasteiger partial charge < -0.3 is 10.0 Å². The fourth-order valence-electron chi connectivity index (χ4n) is 2.30. The summed E-state index contributed by atoms with van der Waals surface area (Å²) >= 11 is 1.71. The summed E-state index contributed by atoms with van der Waals surface area (Å²) in [5.74, 6) is 0.412. The first-order chi connectivity index (χ1) is 7.53. The average Bonchev–Trinajstić information content (AvgIpc) is 2.85. The lowest BCUT2D eigenvalue weighted by atomic mass is 9.90. The van der Waals surface area contributed by atoms with Gasteiger partial charge in [0, 0.05) is 13.1 Å². The molecule has 2 heterocycles. The summed E-state index contributed by atoms with van der Waals surface area (Å²) in [5.41, 5.74) is -0.737. The maximum absolute atomic E-state index is 12.1. The molecule has 1 amide bonds. The molecular weight excluding hydrogens is 226 g/mol. The Hall–Kier alpha value is -0.710. The second-order valence-corrected chi connectivity index (χ2v) is 6.19. The number of carboxylic acid groups (broad SMARTS) is 1. The molecule has 2 aliphatic rings. The van der Waals surface area contributed by atoms with Crippen molar-refractivity contribution in [3.8, 4) is 0 Å². The zero-order valence-corrected chi connectivity index (χ0v) is 10.3. The average molecular weight is 243 g/mol. The molecule has 2 unspecified atom stereocenters. The van der Waals surface area contributed by atoms with Gasteiger partial charge in [0.15, 0.2) is 0 Å². The van der Waals surface area contributed by atoms with E-state index in [9.17, 15) is 9.59 Å². The highest BCUT2D eigenvalue weighted by Crippen LogP contribution is 2.34. The van der Waals surface area contributed by atoms with Crippen LogP contribution in [0, 0.1) is 5.41 Å². The largest absolute Gasteiger partial charge is 0.481 e. The Morgan fingerprint density at radius 2 is 2.25 bits per heavy atom. The lowest BCUT2D eigenvalue weighted by Crippen LogP contribution is -2.38. The van der Waals surface area contributed by atoms with Gasteiger partial charge >= 0.3 is 5.97 Å². The van der Waals surface area contributed by atoms with E-state index in [0.717, 1.165) is 18.6 Å². The first-order valence-electron chi connectivity index (χ1n) is 5.67. The second-order valence-electron chi connectivity index (χ2n) is 4.88. The van der Waals surface area contributed by atoms with Crippen molar-refractivity contribution in [2.75, 3.05) is 18.8 Å². The summed E-state index contributed by atoms with van der Waals surface area (Å²) in [5, 5.41) is 9.17. The SMILES string of the molecule is CC1(C(=O)O)CCN(C(=O)C2CCCS2)C1. The van der Waals surface area contributed by atoms with E-state index < -0.39 is 11.4 Å². The van der Waals surface area contributed by atoms with Crippen molar-refractivity contribution in [2.24, 2.45) is 5.41 Å². The van der Waals surface area contributed by atoms with Crippen molar-refractivity contribution >= 4 is 23.6 Å². The lowest BCUT2D eigenvalue weighted by molar-refractivity contribution is -0.147. The predicted molar refractivity (Wildman–Crippen MR) is 62.4 cm³/mol. The zero-order valence-electron chi connectivity index (χ0n) is 9.44. The number of aliphatic carboxylic acids is 1. The lowest BCUT2D eigenvalue weighted by Gasteiger charge is -2.22. The van der Waals surface area contributed by atoms with E-state index in [1.165, 1.54) is 0 Å². The Balaban J connectivity index is 1.97. The van der Waals surface area contributed by atoms with Crippen LogP contribution in [0.4, 0.5) is 0 Å². The topological polar surface area (TPSA) is 57.6 Å². The minimum atomic E-state index is -0.790. The van der Waals surface area contributed by atoms with Crippen molar-refractivity contribution in [1.82, 2.24) is 4.90 Å². The summed E-state index contributed by atoms with van der Waals surface area (Å²) in [6.45, 7) is 2.70. The molecule has 5 heteroatoms. The Kier molecular flexibility index (Phi) is 3.15. The Morgan fingerprint density at radius 1 is 1.50 bits per heavy atom. The molecule has 2 fully saturated rings. The van der Waals surface area contributed by atoms with Gasteiger partial charge in [-0.05, 0) is 31.9 Å². The van der Waals surface area contributed by atoms with Crippen LogP contribution in [0.2, 0.25) is 0 Å². The standard InChI is InChI=1S/C11H17NO3S/c1-11(10(14)15)4-5-12(7-11)9(13)8-3-2-6-16-8/h8H,2-7H2,1H3,(H,14,15). The minimum Gasteiger partial charge on any atom is -0.481 e. The van der Waals surface area contributed by atoms with Crippen LogP contribution in [0.15, 0.2) is 0 Å². The number of hydrogen-bond donors (Lipinski definition) is 1. The summed E-state index contributed by atoms with van der Waals surface area (Å²) < 4.78 is 0. The normalized spacial score (nSPS) is 34.3. The fourth-order valence-corrected chi connectivity index (χ4v) is 3.54. The van der Waals surface area contributed by atoms with E-state index in [1.807, 2.05) is 0 Å². The number of amides is 1. The van der Waals surface area contributed by atoms with Crippen molar-refractivity contribution < 1.29 is 14.7 Å². The molecule has 2 rings (SSSR count). The number of carbonyl (C=O) groups excluding carboxylic acids is 1. The van der Waals surface area contributed by atoms with Crippen molar-refractivity contribution in [3.63, 3.8) is 0 Å². The number of hydrogen-bond acceptors (Lipinski definition) is 3. The third-order valence-electron chi connectivity index (χ3n) is 3.51. The molecule has 0 aromatic carbocycles. The third kappa shape index (κ3) is 2.05. The number of rotatable bonds is 2. The molecule has 4 nitrogen and oxygen atoms in total. The molecule has 2 aliphatic heterocycles. The van der Waals surface area contributed by atoms with Gasteiger partial charge in [0.25, 0.3) is 0 Å². The van der Waals surface area contributed by atoms with Crippen LogP contribution in [0.3, 0.4) is 0 Å². The highest BCUT2D eigenvalue weighted by atomic mass is 32.2. The van der Waals surface area contributed by atoms with Gasteiger partial charge in [0.2, 0.25) is 5.91 Å². The molecule has 2 atom stereocenters. The van der Waals surface area contributed by atoms with E-state index >= 15 is 0 Å². The van der Waals surface area contributed by atoms with Crippen LogP contribution in [0.5, 0.6) is 0 Å². The molecule has 0 aromatic rings. The van der Waals surface area contributed by atoms with E-state index in [4.69, 9.17) is 5.11 Å². The quantitative estimate of drug-likeness (QED) is 0.792. The van der Waals surface area contributed by atoms with Gasteiger partial charge in [-0.15, -0.1) is 11.8 Å². The Morgan fingerprint density at radius 3 is 2.75 bits per heavy atom. The van der Waals surface area contributed by atoms with Crippen molar-refractivity contribution in [2.45, 2.75) is 31.4 Å². The summed E-state index contributed by atoms with van der Waals surface area (Å²) in [6.07, 6.45) is 2.63. The predicted octanol–water partition coefficient (Wildman–Crippen LogP) is 1.21. The fraction of sp³-hybridized carbons (Fsp3) is 0.818. The van der Waals surface area contributed by atoms with Crippen LogP contribution < -0.4 is 0 Å². The van der Waals surface area contributed by atoms with Crippen LogP contribution >= 0.6 is 11.8 Å². The Labute approximate surface area is 99.4 Å². The molecule has 0 aromatic heterocycles. The molecule has 0 spiro atoms. The van der Waals surface area contributed by atoms with Crippen molar-refractivity contribution in [1.29, 1.82) is 0 Å². The third-order valence-corrected chi connectivity index (χ3v) is 4.87. The molecule has 16 heavy (non-hydrogen) atoms. The minimum absolute atomic E-state index is 0.0798. The van der Waals surface area contributed by atoms with Crippen molar-refractivity contribution in [3.05, 3.63) is 0 Å². The maximum atomic E-state index is 12.1. The van der Waals surface area contributed by atoms with Crippen LogP contribution in [-0.2, 0) is 9.59 Å². The van der Waals surface area contributed by atoms with Crippen LogP contribution in [0.1, 0.15) is 26.2 Å². The first kappa shape index (κ1) is 11.8. The second kappa shape index (κ2) is 4.28. The summed E-state index contributed by atoms with van der Waals surface area (Å²) in [6, 6.07) is 0. The molecule has 0 bridgehead atoms. The number of carbonyl (C=O) groups is 2. The number of nitrogens with zero attached hydrogens (tertiary/aromatic N) is 1. The van der Waals surface area contributed by atoms with Gasteiger partial charge in [-0.2, -0.15) is 0 Å². The van der Waals surface area contributed by atoms with Gasteiger partial charge in [-0.1, -0.05) is 0 Å². The van der Waals surface area contributed by atoms with Crippen LogP contribution in [-0.4, -0.2) is 46.0 Å². The number of thioether (sulfide) groups is 1. The van der Waals surface area contributed by atoms with E-state index in [2.05, 4.69) is 0 Å². The molecule has 2 saturated heterocycles.